The Morgan fingerprint density at radius 1 is 1.15 bits per heavy atom. The van der Waals surface area contributed by atoms with Crippen molar-refractivity contribution in [1.82, 2.24) is 9.97 Å². The molecule has 1 heterocycles. The molecule has 0 bridgehead atoms. The van der Waals surface area contributed by atoms with Crippen molar-refractivity contribution in [3.63, 3.8) is 0 Å². The number of hydrogen-bond donors (Lipinski definition) is 0. The third kappa shape index (κ3) is 3.63. The van der Waals surface area contributed by atoms with E-state index in [-0.39, 0.29) is 5.41 Å². The van der Waals surface area contributed by atoms with E-state index in [4.69, 9.17) is 16.6 Å². The van der Waals surface area contributed by atoms with Gasteiger partial charge in [-0.15, -0.1) is 0 Å². The van der Waals surface area contributed by atoms with Gasteiger partial charge in [-0.25, -0.2) is 9.97 Å². The lowest BCUT2D eigenvalue weighted by Crippen LogP contribution is -2.36. The second-order valence-electron chi connectivity index (χ2n) is 7.15. The van der Waals surface area contributed by atoms with Gasteiger partial charge in [0.2, 0.25) is 0 Å². The molecule has 0 radical (unpaired) electrons. The topological polar surface area (TPSA) is 29.0 Å². The molecule has 1 aromatic heterocycles. The summed E-state index contributed by atoms with van der Waals surface area (Å²) in [4.78, 5) is 11.4. The SMILES string of the molecule is CC1CCC(N(C)c2cc(Cl)nc(C(C)(C)C)n2)CC1. The molecule has 4 heteroatoms. The molecule has 0 atom stereocenters. The van der Waals surface area contributed by atoms with Crippen LogP contribution in [0.2, 0.25) is 5.15 Å². The average molecular weight is 296 g/mol. The van der Waals surface area contributed by atoms with Crippen LogP contribution in [0.5, 0.6) is 0 Å². The fourth-order valence-electron chi connectivity index (χ4n) is 2.74. The van der Waals surface area contributed by atoms with Crippen LogP contribution >= 0.6 is 11.6 Å². The molecule has 1 fully saturated rings. The summed E-state index contributed by atoms with van der Waals surface area (Å²) in [6.45, 7) is 8.69. The largest absolute Gasteiger partial charge is 0.357 e. The number of halogens is 1. The van der Waals surface area contributed by atoms with Crippen molar-refractivity contribution >= 4 is 17.4 Å². The first-order chi connectivity index (χ1) is 9.27. The minimum absolute atomic E-state index is 0.0818. The van der Waals surface area contributed by atoms with Crippen LogP contribution in [-0.2, 0) is 5.41 Å². The Morgan fingerprint density at radius 2 is 1.75 bits per heavy atom. The molecule has 1 aliphatic carbocycles. The number of rotatable bonds is 2. The Kier molecular flexibility index (Phi) is 4.58. The van der Waals surface area contributed by atoms with Crippen molar-refractivity contribution in [2.75, 3.05) is 11.9 Å². The fraction of sp³-hybridized carbons (Fsp3) is 0.750. The van der Waals surface area contributed by atoms with Gasteiger partial charge in [-0.1, -0.05) is 39.3 Å². The van der Waals surface area contributed by atoms with Crippen molar-refractivity contribution in [1.29, 1.82) is 0 Å². The van der Waals surface area contributed by atoms with E-state index in [2.05, 4.69) is 44.6 Å². The molecule has 0 spiro atoms. The summed E-state index contributed by atoms with van der Waals surface area (Å²) in [5.74, 6) is 2.63. The molecular weight excluding hydrogens is 270 g/mol. The first-order valence-electron chi connectivity index (χ1n) is 7.55. The van der Waals surface area contributed by atoms with Crippen LogP contribution < -0.4 is 4.90 Å². The highest BCUT2D eigenvalue weighted by Crippen LogP contribution is 2.30. The van der Waals surface area contributed by atoms with Crippen LogP contribution in [0, 0.1) is 5.92 Å². The lowest BCUT2D eigenvalue weighted by Gasteiger charge is -2.34. The normalized spacial score (nSPS) is 23.7. The first kappa shape index (κ1) is 15.6. The van der Waals surface area contributed by atoms with Crippen LogP contribution in [0.3, 0.4) is 0 Å². The standard InChI is InChI=1S/C16H26ClN3/c1-11-6-8-12(9-7-11)20(5)14-10-13(17)18-15(19-14)16(2,3)4/h10-12H,6-9H2,1-5H3. The maximum Gasteiger partial charge on any atom is 0.137 e. The van der Waals surface area contributed by atoms with Crippen LogP contribution in [0.15, 0.2) is 6.07 Å². The lowest BCUT2D eigenvalue weighted by molar-refractivity contribution is 0.339. The van der Waals surface area contributed by atoms with E-state index in [1.54, 1.807) is 0 Å². The van der Waals surface area contributed by atoms with Gasteiger partial charge in [0, 0.05) is 24.6 Å². The quantitative estimate of drug-likeness (QED) is 0.755. The number of nitrogens with zero attached hydrogens (tertiary/aromatic N) is 3. The third-order valence-electron chi connectivity index (χ3n) is 4.25. The Hall–Kier alpha value is -0.830. The lowest BCUT2D eigenvalue weighted by atomic mass is 9.87. The summed E-state index contributed by atoms with van der Waals surface area (Å²) in [6.07, 6.45) is 5.09. The molecule has 112 valence electrons. The fourth-order valence-corrected chi connectivity index (χ4v) is 2.92. The Balaban J connectivity index is 2.21. The van der Waals surface area contributed by atoms with Gasteiger partial charge >= 0.3 is 0 Å². The Bertz CT molecular complexity index is 459. The number of anilines is 1. The second kappa shape index (κ2) is 5.88. The van der Waals surface area contributed by atoms with E-state index in [0.717, 1.165) is 17.6 Å². The third-order valence-corrected chi connectivity index (χ3v) is 4.44. The van der Waals surface area contributed by atoms with Gasteiger partial charge in [-0.05, 0) is 31.6 Å². The summed E-state index contributed by atoms with van der Waals surface area (Å²) in [6, 6.07) is 2.46. The van der Waals surface area contributed by atoms with E-state index in [0.29, 0.717) is 11.2 Å². The first-order valence-corrected chi connectivity index (χ1v) is 7.93. The van der Waals surface area contributed by atoms with Crippen LogP contribution in [-0.4, -0.2) is 23.1 Å². The van der Waals surface area contributed by atoms with Crippen LogP contribution in [0.1, 0.15) is 59.2 Å². The number of hydrogen-bond acceptors (Lipinski definition) is 3. The molecule has 1 aromatic rings. The molecule has 0 unspecified atom stereocenters. The molecular formula is C16H26ClN3. The van der Waals surface area contributed by atoms with Crippen molar-refractivity contribution in [3.8, 4) is 0 Å². The summed E-state index contributed by atoms with van der Waals surface area (Å²) in [5, 5.41) is 0.538. The van der Waals surface area contributed by atoms with E-state index in [9.17, 15) is 0 Å². The molecule has 1 aliphatic rings. The molecule has 20 heavy (non-hydrogen) atoms. The van der Waals surface area contributed by atoms with Gasteiger partial charge in [-0.3, -0.25) is 0 Å². The zero-order valence-electron chi connectivity index (χ0n) is 13.3. The summed E-state index contributed by atoms with van der Waals surface area (Å²) < 4.78 is 0. The monoisotopic (exact) mass is 295 g/mol. The van der Waals surface area contributed by atoms with Crippen molar-refractivity contribution in [2.24, 2.45) is 5.92 Å². The van der Waals surface area contributed by atoms with Gasteiger partial charge in [0.1, 0.15) is 16.8 Å². The average Bonchev–Trinajstić information content (AvgIpc) is 2.37. The molecule has 1 saturated carbocycles. The minimum Gasteiger partial charge on any atom is -0.357 e. The van der Waals surface area contributed by atoms with Crippen LogP contribution in [0.25, 0.3) is 0 Å². The van der Waals surface area contributed by atoms with E-state index in [1.165, 1.54) is 25.7 Å². The number of aromatic nitrogens is 2. The van der Waals surface area contributed by atoms with Crippen molar-refractivity contribution < 1.29 is 0 Å². The highest BCUT2D eigenvalue weighted by Gasteiger charge is 2.25. The zero-order valence-corrected chi connectivity index (χ0v) is 14.0. The van der Waals surface area contributed by atoms with Crippen molar-refractivity contribution in [2.45, 2.75) is 64.8 Å². The van der Waals surface area contributed by atoms with Gasteiger partial charge in [0.25, 0.3) is 0 Å². The van der Waals surface area contributed by atoms with E-state index >= 15 is 0 Å². The van der Waals surface area contributed by atoms with Gasteiger partial charge in [-0.2, -0.15) is 0 Å². The maximum atomic E-state index is 6.18. The zero-order chi connectivity index (χ0) is 14.9. The minimum atomic E-state index is -0.0818. The molecule has 0 amide bonds. The molecule has 3 nitrogen and oxygen atoms in total. The maximum absolute atomic E-state index is 6.18. The highest BCUT2D eigenvalue weighted by molar-refractivity contribution is 6.29. The van der Waals surface area contributed by atoms with E-state index in [1.807, 2.05) is 6.07 Å². The van der Waals surface area contributed by atoms with Crippen LogP contribution in [0.4, 0.5) is 5.82 Å². The molecule has 0 aromatic carbocycles. The molecule has 0 aliphatic heterocycles. The van der Waals surface area contributed by atoms with Gasteiger partial charge in [0.15, 0.2) is 0 Å². The second-order valence-corrected chi connectivity index (χ2v) is 7.53. The predicted octanol–water partition coefficient (Wildman–Crippen LogP) is 4.44. The van der Waals surface area contributed by atoms with E-state index < -0.39 is 0 Å². The smallest absolute Gasteiger partial charge is 0.137 e. The highest BCUT2D eigenvalue weighted by atomic mass is 35.5. The van der Waals surface area contributed by atoms with Gasteiger partial charge < -0.3 is 4.90 Å². The molecule has 0 N–H and O–H groups in total. The molecule has 0 saturated heterocycles. The summed E-state index contributed by atoms with van der Waals surface area (Å²) in [7, 11) is 2.13. The van der Waals surface area contributed by atoms with Crippen molar-refractivity contribution in [3.05, 3.63) is 17.0 Å². The summed E-state index contributed by atoms with van der Waals surface area (Å²) >= 11 is 6.18. The Labute approximate surface area is 127 Å². The van der Waals surface area contributed by atoms with Gasteiger partial charge in [0.05, 0.1) is 0 Å². The molecule has 2 rings (SSSR count). The Morgan fingerprint density at radius 3 is 2.30 bits per heavy atom. The summed E-state index contributed by atoms with van der Waals surface area (Å²) in [5.41, 5.74) is -0.0818. The predicted molar refractivity (Wildman–Crippen MR) is 85.6 cm³/mol.